The summed E-state index contributed by atoms with van der Waals surface area (Å²) in [5.74, 6) is -0.205. The van der Waals surface area contributed by atoms with Gasteiger partial charge in [0.2, 0.25) is 5.91 Å². The van der Waals surface area contributed by atoms with Crippen molar-refractivity contribution in [2.45, 2.75) is 4.90 Å². The highest BCUT2D eigenvalue weighted by Crippen LogP contribution is 2.28. The first-order valence-corrected chi connectivity index (χ1v) is 7.55. The minimum absolute atomic E-state index is 0.118. The van der Waals surface area contributed by atoms with Crippen LogP contribution in [0.1, 0.15) is 0 Å². The van der Waals surface area contributed by atoms with Crippen molar-refractivity contribution in [3.05, 3.63) is 57.6 Å². The molecule has 0 saturated heterocycles. The molecule has 2 aromatic carbocycles. The number of nitrogens with two attached hydrogens (primary N) is 1. The molecule has 0 aliphatic heterocycles. The zero-order chi connectivity index (χ0) is 16.1. The molecule has 0 saturated carbocycles. The predicted octanol–water partition coefficient (Wildman–Crippen LogP) is 3.56. The minimum Gasteiger partial charge on any atom is -0.398 e. The Labute approximate surface area is 135 Å². The average Bonchev–Trinajstić information content (AvgIpc) is 2.48. The zero-order valence-corrected chi connectivity index (χ0v) is 12.9. The van der Waals surface area contributed by atoms with Gasteiger partial charge in [0.05, 0.1) is 21.4 Å². The van der Waals surface area contributed by atoms with Crippen molar-refractivity contribution in [1.29, 1.82) is 0 Å². The molecule has 0 fully saturated rings. The number of nitro groups is 1. The van der Waals surface area contributed by atoms with E-state index in [1.165, 1.54) is 30.0 Å². The fraction of sp³-hybridized carbons (Fsp3) is 0.0714. The number of hydrogen-bond donors (Lipinski definition) is 2. The van der Waals surface area contributed by atoms with Gasteiger partial charge < -0.3 is 11.1 Å². The summed E-state index contributed by atoms with van der Waals surface area (Å²) >= 11 is 7.20. The van der Waals surface area contributed by atoms with E-state index >= 15 is 0 Å². The summed E-state index contributed by atoms with van der Waals surface area (Å²) in [4.78, 5) is 22.9. The number of nitro benzene ring substituents is 1. The van der Waals surface area contributed by atoms with E-state index in [9.17, 15) is 14.9 Å². The Hall–Kier alpha value is -2.25. The number of rotatable bonds is 5. The number of nitrogens with zero attached hydrogens (tertiary/aromatic N) is 1. The molecule has 0 heterocycles. The summed E-state index contributed by atoms with van der Waals surface area (Å²) in [6.45, 7) is 0. The van der Waals surface area contributed by atoms with Crippen LogP contribution in [0, 0.1) is 10.1 Å². The molecular formula is C14H12ClN3O3S. The van der Waals surface area contributed by atoms with Crippen molar-refractivity contribution in [2.75, 3.05) is 16.8 Å². The van der Waals surface area contributed by atoms with E-state index in [2.05, 4.69) is 5.32 Å². The van der Waals surface area contributed by atoms with Crippen molar-refractivity contribution in [3.63, 3.8) is 0 Å². The number of para-hydroxylation sites is 1. The van der Waals surface area contributed by atoms with E-state index < -0.39 is 4.92 Å². The van der Waals surface area contributed by atoms with Crippen LogP contribution in [0.2, 0.25) is 5.02 Å². The second-order valence-electron chi connectivity index (χ2n) is 4.30. The second-order valence-corrected chi connectivity index (χ2v) is 5.72. The maximum absolute atomic E-state index is 11.9. The van der Waals surface area contributed by atoms with Crippen LogP contribution < -0.4 is 11.1 Å². The lowest BCUT2D eigenvalue weighted by molar-refractivity contribution is -0.384. The molecule has 6 nitrogen and oxygen atoms in total. The molecule has 0 spiro atoms. The summed E-state index contributed by atoms with van der Waals surface area (Å²) in [6, 6.07) is 11.1. The Morgan fingerprint density at radius 3 is 2.73 bits per heavy atom. The molecule has 8 heteroatoms. The topological polar surface area (TPSA) is 98.3 Å². The standard InChI is InChI=1S/C14H12ClN3O3S/c15-10-6-5-9(18(20)21)7-12(10)17-14(19)8-22-13-4-2-1-3-11(13)16/h1-7H,8,16H2,(H,17,19). The summed E-state index contributed by atoms with van der Waals surface area (Å²) in [5.41, 5.74) is 6.45. The quantitative estimate of drug-likeness (QED) is 0.376. The van der Waals surface area contributed by atoms with Crippen molar-refractivity contribution in [3.8, 4) is 0 Å². The summed E-state index contributed by atoms with van der Waals surface area (Å²) < 4.78 is 0. The Kier molecular flexibility index (Phi) is 5.24. The van der Waals surface area contributed by atoms with Crippen molar-refractivity contribution < 1.29 is 9.72 Å². The van der Waals surface area contributed by atoms with Gasteiger partial charge in [-0.1, -0.05) is 23.7 Å². The van der Waals surface area contributed by atoms with Gasteiger partial charge in [-0.3, -0.25) is 14.9 Å². The maximum atomic E-state index is 11.9. The molecule has 0 aliphatic rings. The van der Waals surface area contributed by atoms with Crippen molar-refractivity contribution in [1.82, 2.24) is 0 Å². The molecule has 0 unspecified atom stereocenters. The van der Waals surface area contributed by atoms with Gasteiger partial charge >= 0.3 is 0 Å². The Morgan fingerprint density at radius 1 is 1.32 bits per heavy atom. The normalized spacial score (nSPS) is 10.2. The highest BCUT2D eigenvalue weighted by molar-refractivity contribution is 8.00. The highest BCUT2D eigenvalue weighted by Gasteiger charge is 2.12. The van der Waals surface area contributed by atoms with Gasteiger partial charge in [0.15, 0.2) is 0 Å². The fourth-order valence-electron chi connectivity index (χ4n) is 1.66. The molecular weight excluding hydrogens is 326 g/mol. The fourth-order valence-corrected chi connectivity index (χ4v) is 2.60. The molecule has 2 rings (SSSR count). The number of thioether (sulfide) groups is 1. The van der Waals surface area contributed by atoms with Crippen LogP contribution in [0.4, 0.5) is 17.1 Å². The summed E-state index contributed by atoms with van der Waals surface area (Å²) in [5, 5.41) is 13.5. The number of benzene rings is 2. The first-order chi connectivity index (χ1) is 10.5. The summed E-state index contributed by atoms with van der Waals surface area (Å²) in [7, 11) is 0. The largest absolute Gasteiger partial charge is 0.398 e. The van der Waals surface area contributed by atoms with E-state index in [1.807, 2.05) is 18.2 Å². The predicted molar refractivity (Wildman–Crippen MR) is 88.3 cm³/mol. The van der Waals surface area contributed by atoms with Crippen molar-refractivity contribution >= 4 is 46.3 Å². The maximum Gasteiger partial charge on any atom is 0.271 e. The van der Waals surface area contributed by atoms with Crippen LogP contribution in [0.15, 0.2) is 47.4 Å². The van der Waals surface area contributed by atoms with E-state index in [-0.39, 0.29) is 28.1 Å². The zero-order valence-electron chi connectivity index (χ0n) is 11.3. The third-order valence-electron chi connectivity index (χ3n) is 2.71. The molecule has 0 atom stereocenters. The molecule has 0 bridgehead atoms. The van der Waals surface area contributed by atoms with Crippen molar-refractivity contribution in [2.24, 2.45) is 0 Å². The monoisotopic (exact) mass is 337 g/mol. The molecule has 2 aromatic rings. The number of nitrogen functional groups attached to an aromatic ring is 1. The average molecular weight is 338 g/mol. The lowest BCUT2D eigenvalue weighted by atomic mass is 10.3. The minimum atomic E-state index is -0.550. The van der Waals surface area contributed by atoms with E-state index in [4.69, 9.17) is 17.3 Å². The lowest BCUT2D eigenvalue weighted by Gasteiger charge is -2.08. The molecule has 0 aromatic heterocycles. The first-order valence-electron chi connectivity index (χ1n) is 6.18. The summed E-state index contributed by atoms with van der Waals surface area (Å²) in [6.07, 6.45) is 0. The van der Waals surface area contributed by atoms with E-state index in [0.29, 0.717) is 5.69 Å². The first kappa shape index (κ1) is 16.1. The number of nitrogens with one attached hydrogen (secondary N) is 1. The van der Waals surface area contributed by atoms with Gasteiger partial charge in [-0.15, -0.1) is 11.8 Å². The molecule has 1 amide bonds. The number of hydrogen-bond acceptors (Lipinski definition) is 5. The number of halogens is 1. The van der Waals surface area contributed by atoms with Gasteiger partial charge in [-0.25, -0.2) is 0 Å². The number of non-ortho nitro benzene ring substituents is 1. The van der Waals surface area contributed by atoms with Gasteiger partial charge in [0.1, 0.15) is 0 Å². The van der Waals surface area contributed by atoms with Crippen LogP contribution in [0.25, 0.3) is 0 Å². The Balaban J connectivity index is 2.02. The smallest absolute Gasteiger partial charge is 0.271 e. The molecule has 0 radical (unpaired) electrons. The molecule has 22 heavy (non-hydrogen) atoms. The van der Waals surface area contributed by atoms with Gasteiger partial charge in [-0.2, -0.15) is 0 Å². The van der Waals surface area contributed by atoms with Gasteiger partial charge in [0.25, 0.3) is 5.69 Å². The lowest BCUT2D eigenvalue weighted by Crippen LogP contribution is -2.14. The van der Waals surface area contributed by atoms with Gasteiger partial charge in [0, 0.05) is 22.7 Å². The van der Waals surface area contributed by atoms with Crippen LogP contribution in [0.5, 0.6) is 0 Å². The second kappa shape index (κ2) is 7.15. The van der Waals surface area contributed by atoms with E-state index in [1.54, 1.807) is 6.07 Å². The number of anilines is 2. The molecule has 114 valence electrons. The number of carbonyl (C=O) groups excluding carboxylic acids is 1. The molecule has 3 N–H and O–H groups in total. The van der Waals surface area contributed by atoms with E-state index in [0.717, 1.165) is 4.90 Å². The van der Waals surface area contributed by atoms with Crippen LogP contribution in [0.3, 0.4) is 0 Å². The SMILES string of the molecule is Nc1ccccc1SCC(=O)Nc1cc([N+](=O)[O-])ccc1Cl. The third-order valence-corrected chi connectivity index (χ3v) is 4.13. The van der Waals surface area contributed by atoms with Gasteiger partial charge in [-0.05, 0) is 18.2 Å². The van der Waals surface area contributed by atoms with Crippen LogP contribution >= 0.6 is 23.4 Å². The Morgan fingerprint density at radius 2 is 2.05 bits per heavy atom. The van der Waals surface area contributed by atoms with Crippen LogP contribution in [-0.2, 0) is 4.79 Å². The number of amides is 1. The van der Waals surface area contributed by atoms with Crippen LogP contribution in [-0.4, -0.2) is 16.6 Å². The number of carbonyl (C=O) groups is 1. The Bertz CT molecular complexity index is 724. The highest BCUT2D eigenvalue weighted by atomic mass is 35.5. The third kappa shape index (κ3) is 4.12. The molecule has 0 aliphatic carbocycles.